The summed E-state index contributed by atoms with van der Waals surface area (Å²) in [5.74, 6) is 0.442. The number of hydrogen-bond donors (Lipinski definition) is 0. The highest BCUT2D eigenvalue weighted by Crippen LogP contribution is 2.44. The molecule has 13 heavy (non-hydrogen) atoms. The summed E-state index contributed by atoms with van der Waals surface area (Å²) in [4.78, 5) is 11.8. The maximum Gasteiger partial charge on any atom is 0.143 e. The van der Waals surface area contributed by atoms with Crippen LogP contribution in [0.3, 0.4) is 0 Å². The Morgan fingerprint density at radius 2 is 2.15 bits per heavy atom. The van der Waals surface area contributed by atoms with Gasteiger partial charge in [0.25, 0.3) is 0 Å². The number of ketones is 1. The lowest BCUT2D eigenvalue weighted by Gasteiger charge is -2.37. The summed E-state index contributed by atoms with van der Waals surface area (Å²) in [7, 11) is 0. The smallest absolute Gasteiger partial charge is 0.143 e. The van der Waals surface area contributed by atoms with E-state index in [0.29, 0.717) is 5.78 Å². The van der Waals surface area contributed by atoms with Gasteiger partial charge in [-0.15, -0.1) is 0 Å². The maximum atomic E-state index is 11.8. The third-order valence-corrected chi connectivity index (χ3v) is 3.48. The normalized spacial score (nSPS) is 33.5. The van der Waals surface area contributed by atoms with Crippen LogP contribution in [0.4, 0.5) is 0 Å². The minimum atomic E-state index is -0.142. The number of rotatable bonds is 0. The molecule has 0 saturated heterocycles. The second-order valence-electron chi connectivity index (χ2n) is 4.38. The molecule has 0 N–H and O–H groups in total. The fourth-order valence-corrected chi connectivity index (χ4v) is 2.59. The van der Waals surface area contributed by atoms with Gasteiger partial charge in [-0.3, -0.25) is 4.79 Å². The Bertz CT molecular complexity index is 309. The minimum absolute atomic E-state index is 0.142. The van der Waals surface area contributed by atoms with Crippen molar-refractivity contribution in [2.45, 2.75) is 39.5 Å². The van der Waals surface area contributed by atoms with Crippen LogP contribution in [0, 0.1) is 5.41 Å². The van der Waals surface area contributed by atoms with Crippen molar-refractivity contribution in [2.75, 3.05) is 0 Å². The maximum absolute atomic E-state index is 11.8. The summed E-state index contributed by atoms with van der Waals surface area (Å²) in [6, 6.07) is 0. The lowest BCUT2D eigenvalue weighted by Crippen LogP contribution is -2.34. The number of Topliss-reactive ketones (excluding diaryl/α,β-unsaturated/α-hetero) is 1. The molecule has 1 saturated carbocycles. The molecule has 0 radical (unpaired) electrons. The van der Waals surface area contributed by atoms with Crippen LogP contribution in [0.15, 0.2) is 23.3 Å². The molecule has 0 heterocycles. The van der Waals surface area contributed by atoms with Gasteiger partial charge in [0.15, 0.2) is 0 Å². The van der Waals surface area contributed by atoms with Crippen LogP contribution >= 0.6 is 0 Å². The van der Waals surface area contributed by atoms with Gasteiger partial charge in [-0.05, 0) is 33.1 Å². The minimum Gasteiger partial charge on any atom is -0.299 e. The Hall–Kier alpha value is -0.850. The van der Waals surface area contributed by atoms with Gasteiger partial charge < -0.3 is 0 Å². The molecular weight excluding hydrogens is 160 g/mol. The van der Waals surface area contributed by atoms with E-state index in [9.17, 15) is 4.79 Å². The number of allylic oxidation sites excluding steroid dienone is 4. The molecule has 1 fully saturated rings. The Kier molecular flexibility index (Phi) is 1.90. The van der Waals surface area contributed by atoms with Gasteiger partial charge in [0, 0.05) is 6.42 Å². The van der Waals surface area contributed by atoms with Gasteiger partial charge in [-0.2, -0.15) is 0 Å². The summed E-state index contributed by atoms with van der Waals surface area (Å²) in [5.41, 5.74) is 2.57. The average Bonchev–Trinajstić information content (AvgIpc) is 2.08. The fraction of sp³-hybridized carbons (Fsp3) is 0.583. The molecule has 2 rings (SSSR count). The molecular formula is C12H16O. The van der Waals surface area contributed by atoms with E-state index in [2.05, 4.69) is 26.0 Å². The molecule has 0 aromatic heterocycles. The van der Waals surface area contributed by atoms with E-state index in [1.165, 1.54) is 11.1 Å². The Morgan fingerprint density at radius 1 is 1.38 bits per heavy atom. The first-order valence-corrected chi connectivity index (χ1v) is 5.05. The van der Waals surface area contributed by atoms with Crippen LogP contribution in [0.25, 0.3) is 0 Å². The number of hydrogen-bond acceptors (Lipinski definition) is 1. The lowest BCUT2D eigenvalue weighted by atomic mass is 9.65. The van der Waals surface area contributed by atoms with Crippen LogP contribution in [-0.4, -0.2) is 5.78 Å². The summed E-state index contributed by atoms with van der Waals surface area (Å²) < 4.78 is 0. The van der Waals surface area contributed by atoms with Crippen molar-refractivity contribution in [1.82, 2.24) is 0 Å². The number of carbonyl (C=O) groups is 1. The van der Waals surface area contributed by atoms with E-state index in [-0.39, 0.29) is 5.41 Å². The lowest BCUT2D eigenvalue weighted by molar-refractivity contribution is -0.127. The highest BCUT2D eigenvalue weighted by molar-refractivity contribution is 5.89. The van der Waals surface area contributed by atoms with Gasteiger partial charge in [0.05, 0.1) is 5.41 Å². The molecule has 0 aromatic carbocycles. The largest absolute Gasteiger partial charge is 0.299 e. The standard InChI is InChI=1S/C12H16O/c1-9-5-4-8-12(2)10(9)6-3-7-11(12)13/h4-5H,3,6-8H2,1-2H3. The van der Waals surface area contributed by atoms with Crippen molar-refractivity contribution in [3.8, 4) is 0 Å². The van der Waals surface area contributed by atoms with Crippen LogP contribution in [0.1, 0.15) is 39.5 Å². The third kappa shape index (κ3) is 1.18. The van der Waals surface area contributed by atoms with Crippen molar-refractivity contribution < 1.29 is 4.79 Å². The van der Waals surface area contributed by atoms with Crippen LogP contribution in [0.5, 0.6) is 0 Å². The Balaban J connectivity index is 2.47. The quantitative estimate of drug-likeness (QED) is 0.554. The van der Waals surface area contributed by atoms with E-state index in [0.717, 1.165) is 25.7 Å². The summed E-state index contributed by atoms with van der Waals surface area (Å²) in [6.45, 7) is 4.23. The molecule has 2 aliphatic rings. The van der Waals surface area contributed by atoms with Gasteiger partial charge in [0.1, 0.15) is 5.78 Å². The second kappa shape index (κ2) is 2.83. The molecule has 1 heteroatoms. The van der Waals surface area contributed by atoms with E-state index in [1.54, 1.807) is 0 Å². The highest BCUT2D eigenvalue weighted by atomic mass is 16.1. The van der Waals surface area contributed by atoms with Gasteiger partial charge in [-0.25, -0.2) is 0 Å². The van der Waals surface area contributed by atoms with Crippen LogP contribution in [-0.2, 0) is 4.79 Å². The molecule has 0 spiro atoms. The SMILES string of the molecule is CC1=C2CCCC(=O)C2(C)CC=C1. The zero-order valence-electron chi connectivity index (χ0n) is 8.39. The summed E-state index contributed by atoms with van der Waals surface area (Å²) in [5, 5.41) is 0. The molecule has 0 amide bonds. The summed E-state index contributed by atoms with van der Waals surface area (Å²) in [6.07, 6.45) is 8.17. The van der Waals surface area contributed by atoms with Gasteiger partial charge in [-0.1, -0.05) is 23.3 Å². The number of fused-ring (bicyclic) bond motifs is 1. The van der Waals surface area contributed by atoms with Crippen molar-refractivity contribution in [3.05, 3.63) is 23.3 Å². The molecule has 70 valence electrons. The highest BCUT2D eigenvalue weighted by Gasteiger charge is 2.39. The predicted molar refractivity (Wildman–Crippen MR) is 53.4 cm³/mol. The topological polar surface area (TPSA) is 17.1 Å². The van der Waals surface area contributed by atoms with E-state index < -0.39 is 0 Å². The zero-order chi connectivity index (χ0) is 9.47. The molecule has 1 unspecified atom stereocenters. The van der Waals surface area contributed by atoms with Gasteiger partial charge in [0.2, 0.25) is 0 Å². The Morgan fingerprint density at radius 3 is 2.85 bits per heavy atom. The second-order valence-corrected chi connectivity index (χ2v) is 4.38. The first-order chi connectivity index (χ1) is 6.14. The zero-order valence-corrected chi connectivity index (χ0v) is 8.39. The van der Waals surface area contributed by atoms with E-state index in [1.807, 2.05) is 0 Å². The van der Waals surface area contributed by atoms with Crippen LogP contribution < -0.4 is 0 Å². The molecule has 1 nitrogen and oxygen atoms in total. The fourth-order valence-electron chi connectivity index (χ4n) is 2.59. The molecule has 2 aliphatic carbocycles. The van der Waals surface area contributed by atoms with Crippen molar-refractivity contribution in [1.29, 1.82) is 0 Å². The first-order valence-electron chi connectivity index (χ1n) is 5.05. The van der Waals surface area contributed by atoms with Crippen molar-refractivity contribution in [3.63, 3.8) is 0 Å². The van der Waals surface area contributed by atoms with E-state index in [4.69, 9.17) is 0 Å². The van der Waals surface area contributed by atoms with Gasteiger partial charge >= 0.3 is 0 Å². The number of carbonyl (C=O) groups excluding carboxylic acids is 1. The third-order valence-electron chi connectivity index (χ3n) is 3.48. The average molecular weight is 176 g/mol. The molecule has 1 atom stereocenters. The predicted octanol–water partition coefficient (Wildman–Crippen LogP) is 3.02. The van der Waals surface area contributed by atoms with E-state index >= 15 is 0 Å². The Labute approximate surface area is 79.5 Å². The van der Waals surface area contributed by atoms with Crippen LogP contribution in [0.2, 0.25) is 0 Å². The molecule has 0 aliphatic heterocycles. The first kappa shape index (κ1) is 8.74. The molecule has 0 aromatic rings. The monoisotopic (exact) mass is 176 g/mol. The summed E-state index contributed by atoms with van der Waals surface area (Å²) >= 11 is 0. The molecule has 0 bridgehead atoms. The van der Waals surface area contributed by atoms with Crippen molar-refractivity contribution >= 4 is 5.78 Å². The van der Waals surface area contributed by atoms with Crippen molar-refractivity contribution in [2.24, 2.45) is 5.41 Å².